The molecule has 1 N–H and O–H groups in total. The third-order valence-electron chi connectivity index (χ3n) is 6.46. The highest BCUT2D eigenvalue weighted by molar-refractivity contribution is 5.85. The summed E-state index contributed by atoms with van der Waals surface area (Å²) >= 11 is 0. The molecule has 0 rings (SSSR count). The molecule has 0 spiro atoms. The smallest absolute Gasteiger partial charge is 0.00490 e. The molecule has 30 heavy (non-hydrogen) atoms. The molecule has 0 aliphatic rings. The van der Waals surface area contributed by atoms with E-state index in [4.69, 9.17) is 0 Å². The van der Waals surface area contributed by atoms with Crippen molar-refractivity contribution in [3.05, 3.63) is 0 Å². The lowest BCUT2D eigenvalue weighted by Gasteiger charge is -2.04. The van der Waals surface area contributed by atoms with Gasteiger partial charge in [0.15, 0.2) is 0 Å². The third-order valence-corrected chi connectivity index (χ3v) is 6.46. The van der Waals surface area contributed by atoms with Crippen LogP contribution in [0.3, 0.4) is 0 Å². The van der Waals surface area contributed by atoms with Crippen molar-refractivity contribution in [3.8, 4) is 0 Å². The van der Waals surface area contributed by atoms with E-state index in [0.717, 1.165) is 6.54 Å². The second-order valence-electron chi connectivity index (χ2n) is 9.49. The molecule has 0 unspecified atom stereocenters. The van der Waals surface area contributed by atoms with Crippen molar-refractivity contribution >= 4 is 12.4 Å². The van der Waals surface area contributed by atoms with Gasteiger partial charge >= 0.3 is 0 Å². The Hall–Kier alpha value is 0.250. The van der Waals surface area contributed by atoms with Gasteiger partial charge in [-0.3, -0.25) is 0 Å². The first-order valence-corrected chi connectivity index (χ1v) is 14.1. The Morgan fingerprint density at radius 1 is 0.333 bits per heavy atom. The molecule has 0 saturated carbocycles. The van der Waals surface area contributed by atoms with Crippen LogP contribution in [0.1, 0.15) is 168 Å². The Morgan fingerprint density at radius 3 is 0.800 bits per heavy atom. The fourth-order valence-corrected chi connectivity index (χ4v) is 4.39. The van der Waals surface area contributed by atoms with Gasteiger partial charge in [0.25, 0.3) is 0 Å². The number of halogens is 1. The van der Waals surface area contributed by atoms with E-state index in [2.05, 4.69) is 19.2 Å². The molecule has 0 amide bonds. The standard InChI is InChI=1S/C28H59N.ClH/c1-3-5-6-7-8-9-10-11-12-13-14-15-16-17-18-19-20-21-22-23-24-25-26-27-28-29-4-2;/h29H,3-28H2,1-2H3;1H. The molecule has 0 aliphatic heterocycles. The molecule has 0 aliphatic carbocycles. The van der Waals surface area contributed by atoms with Crippen molar-refractivity contribution in [2.24, 2.45) is 0 Å². The molecule has 0 aromatic rings. The van der Waals surface area contributed by atoms with Crippen molar-refractivity contribution in [1.82, 2.24) is 5.32 Å². The van der Waals surface area contributed by atoms with Gasteiger partial charge in [0.05, 0.1) is 0 Å². The molecule has 0 heterocycles. The maximum atomic E-state index is 3.41. The first-order valence-electron chi connectivity index (χ1n) is 14.1. The molecule has 0 saturated heterocycles. The molecule has 184 valence electrons. The van der Waals surface area contributed by atoms with Crippen molar-refractivity contribution in [2.45, 2.75) is 168 Å². The molecular formula is C28H60ClN. The van der Waals surface area contributed by atoms with E-state index < -0.39 is 0 Å². The van der Waals surface area contributed by atoms with Crippen LogP contribution in [0, 0.1) is 0 Å². The number of hydrogen-bond donors (Lipinski definition) is 1. The molecule has 0 bridgehead atoms. The Bertz CT molecular complexity index is 243. The minimum atomic E-state index is 0. The highest BCUT2D eigenvalue weighted by Gasteiger charge is 1.96. The van der Waals surface area contributed by atoms with Gasteiger partial charge in [0.2, 0.25) is 0 Å². The lowest BCUT2D eigenvalue weighted by molar-refractivity contribution is 0.516. The minimum Gasteiger partial charge on any atom is -0.317 e. The van der Waals surface area contributed by atoms with Crippen LogP contribution in [-0.4, -0.2) is 13.1 Å². The highest BCUT2D eigenvalue weighted by Crippen LogP contribution is 2.15. The Balaban J connectivity index is 0. The molecule has 0 atom stereocenters. The summed E-state index contributed by atoms with van der Waals surface area (Å²) in [5, 5.41) is 3.41. The van der Waals surface area contributed by atoms with Crippen LogP contribution in [0.4, 0.5) is 0 Å². The van der Waals surface area contributed by atoms with E-state index in [1.54, 1.807) is 0 Å². The summed E-state index contributed by atoms with van der Waals surface area (Å²) in [4.78, 5) is 0. The van der Waals surface area contributed by atoms with Crippen molar-refractivity contribution in [3.63, 3.8) is 0 Å². The number of rotatable bonds is 26. The molecule has 1 nitrogen and oxygen atoms in total. The van der Waals surface area contributed by atoms with Crippen LogP contribution < -0.4 is 5.32 Å². The first kappa shape index (κ1) is 32.4. The first-order chi connectivity index (χ1) is 14.4. The molecule has 0 aromatic carbocycles. The summed E-state index contributed by atoms with van der Waals surface area (Å²) in [7, 11) is 0. The number of hydrogen-bond acceptors (Lipinski definition) is 1. The quantitative estimate of drug-likeness (QED) is 0.130. The lowest BCUT2D eigenvalue weighted by atomic mass is 10.0. The Kier molecular flexibility index (Phi) is 34.0. The zero-order valence-electron chi connectivity index (χ0n) is 21.3. The second kappa shape index (κ2) is 31.4. The van der Waals surface area contributed by atoms with E-state index in [1.807, 2.05) is 0 Å². The maximum Gasteiger partial charge on any atom is -0.00490 e. The predicted molar refractivity (Wildman–Crippen MR) is 142 cm³/mol. The van der Waals surface area contributed by atoms with Gasteiger partial charge in [-0.2, -0.15) is 0 Å². The zero-order chi connectivity index (χ0) is 21.1. The summed E-state index contributed by atoms with van der Waals surface area (Å²) in [6.07, 6.45) is 35.2. The summed E-state index contributed by atoms with van der Waals surface area (Å²) in [6.45, 7) is 6.84. The fourth-order valence-electron chi connectivity index (χ4n) is 4.39. The Labute approximate surface area is 198 Å². The van der Waals surface area contributed by atoms with Crippen molar-refractivity contribution in [1.29, 1.82) is 0 Å². The van der Waals surface area contributed by atoms with Gasteiger partial charge in [-0.15, -0.1) is 12.4 Å². The van der Waals surface area contributed by atoms with E-state index in [9.17, 15) is 0 Å². The van der Waals surface area contributed by atoms with Crippen LogP contribution in [0.15, 0.2) is 0 Å². The summed E-state index contributed by atoms with van der Waals surface area (Å²) in [6, 6.07) is 0. The highest BCUT2D eigenvalue weighted by atomic mass is 35.5. The summed E-state index contributed by atoms with van der Waals surface area (Å²) in [5.74, 6) is 0. The monoisotopic (exact) mass is 445 g/mol. The van der Waals surface area contributed by atoms with Crippen LogP contribution in [-0.2, 0) is 0 Å². The third kappa shape index (κ3) is 30.4. The van der Waals surface area contributed by atoms with E-state index in [-0.39, 0.29) is 12.4 Å². The van der Waals surface area contributed by atoms with Gasteiger partial charge in [-0.1, -0.05) is 162 Å². The van der Waals surface area contributed by atoms with Crippen molar-refractivity contribution in [2.75, 3.05) is 13.1 Å². The normalized spacial score (nSPS) is 11.0. The van der Waals surface area contributed by atoms with E-state index in [1.165, 1.54) is 161 Å². The van der Waals surface area contributed by atoms with Gasteiger partial charge < -0.3 is 5.32 Å². The van der Waals surface area contributed by atoms with Crippen LogP contribution >= 0.6 is 12.4 Å². The molecule has 2 heteroatoms. The average molecular weight is 446 g/mol. The summed E-state index contributed by atoms with van der Waals surface area (Å²) in [5.41, 5.74) is 0. The summed E-state index contributed by atoms with van der Waals surface area (Å²) < 4.78 is 0. The number of nitrogens with one attached hydrogen (secondary N) is 1. The van der Waals surface area contributed by atoms with Gasteiger partial charge in [0.1, 0.15) is 0 Å². The SMILES string of the molecule is CCCCCCCCCCCCCCCCCCCCCCCCCCNCC.Cl. The predicted octanol–water partition coefficient (Wildman–Crippen LogP) is 10.4. The lowest BCUT2D eigenvalue weighted by Crippen LogP contribution is -2.13. The van der Waals surface area contributed by atoms with Crippen LogP contribution in [0.5, 0.6) is 0 Å². The van der Waals surface area contributed by atoms with E-state index in [0.29, 0.717) is 0 Å². The maximum absolute atomic E-state index is 3.41. The topological polar surface area (TPSA) is 12.0 Å². The number of unbranched alkanes of at least 4 members (excludes halogenated alkanes) is 23. The Morgan fingerprint density at radius 2 is 0.567 bits per heavy atom. The molecule has 0 fully saturated rings. The molecular weight excluding hydrogens is 386 g/mol. The molecule has 0 radical (unpaired) electrons. The second-order valence-corrected chi connectivity index (χ2v) is 9.49. The minimum absolute atomic E-state index is 0. The van der Waals surface area contributed by atoms with Crippen LogP contribution in [0.2, 0.25) is 0 Å². The van der Waals surface area contributed by atoms with Crippen LogP contribution in [0.25, 0.3) is 0 Å². The fraction of sp³-hybridized carbons (Fsp3) is 1.00. The van der Waals surface area contributed by atoms with Gasteiger partial charge in [0, 0.05) is 0 Å². The largest absolute Gasteiger partial charge is 0.317 e. The van der Waals surface area contributed by atoms with Gasteiger partial charge in [-0.05, 0) is 19.5 Å². The molecule has 0 aromatic heterocycles. The zero-order valence-corrected chi connectivity index (χ0v) is 22.1. The van der Waals surface area contributed by atoms with Crippen molar-refractivity contribution < 1.29 is 0 Å². The van der Waals surface area contributed by atoms with E-state index >= 15 is 0 Å². The van der Waals surface area contributed by atoms with Gasteiger partial charge in [-0.25, -0.2) is 0 Å². The average Bonchev–Trinajstić information content (AvgIpc) is 2.74.